The number of nitrogens with zero attached hydrogens (tertiary/aromatic N) is 1. The van der Waals surface area contributed by atoms with Crippen LogP contribution in [0.25, 0.3) is 0 Å². The highest BCUT2D eigenvalue weighted by molar-refractivity contribution is 5.99. The largest absolute Gasteiger partial charge is 0.341 e. The summed E-state index contributed by atoms with van der Waals surface area (Å²) in [4.78, 5) is 11.0. The zero-order chi connectivity index (χ0) is 11.3. The van der Waals surface area contributed by atoms with Gasteiger partial charge in [-0.15, -0.1) is 0 Å². The average Bonchev–Trinajstić information content (AvgIpc) is 2.29. The van der Waals surface area contributed by atoms with Crippen LogP contribution >= 0.6 is 0 Å². The van der Waals surface area contributed by atoms with Crippen LogP contribution < -0.4 is 16.5 Å². The normalized spacial score (nSPS) is 10.9. The molecule has 80 valence electrons. The zero-order valence-electron chi connectivity index (χ0n) is 8.74. The van der Waals surface area contributed by atoms with E-state index in [4.69, 9.17) is 5.84 Å². The predicted molar refractivity (Wildman–Crippen MR) is 60.9 cm³/mol. The maximum Gasteiger partial charge on any atom is 0.318 e. The number of carbonyl (C=O) groups is 1. The van der Waals surface area contributed by atoms with Crippen LogP contribution in [0.5, 0.6) is 0 Å². The van der Waals surface area contributed by atoms with Crippen LogP contribution in [-0.4, -0.2) is 18.8 Å². The van der Waals surface area contributed by atoms with Gasteiger partial charge in [-0.25, -0.2) is 4.79 Å². The number of anilines is 1. The van der Waals surface area contributed by atoms with E-state index in [9.17, 15) is 4.79 Å². The number of hydrogen-bond donors (Lipinski definition) is 3. The summed E-state index contributed by atoms with van der Waals surface area (Å²) in [6, 6.07) is 7.03. The Hall–Kier alpha value is -2.04. The molecular weight excluding hydrogens is 192 g/mol. The molecule has 0 unspecified atom stereocenters. The first-order valence-electron chi connectivity index (χ1n) is 4.51. The van der Waals surface area contributed by atoms with Crippen molar-refractivity contribution in [2.75, 3.05) is 12.4 Å². The number of nitrogens with two attached hydrogens (primary N) is 1. The summed E-state index contributed by atoms with van der Waals surface area (Å²) in [5, 5.41) is 8.71. The Balaban J connectivity index is 2.77. The molecule has 0 fully saturated rings. The zero-order valence-corrected chi connectivity index (χ0v) is 8.74. The molecule has 0 radical (unpaired) electrons. The molecule has 1 aromatic carbocycles. The quantitative estimate of drug-likeness (QED) is 0.385. The Labute approximate surface area is 88.4 Å². The Morgan fingerprint density at radius 3 is 2.40 bits per heavy atom. The van der Waals surface area contributed by atoms with Crippen molar-refractivity contribution in [2.24, 2.45) is 10.9 Å². The van der Waals surface area contributed by atoms with Crippen LogP contribution in [0, 0.1) is 0 Å². The molecule has 0 aliphatic heterocycles. The number of urea groups is 1. The predicted octanol–water partition coefficient (Wildman–Crippen LogP) is 1.12. The van der Waals surface area contributed by atoms with Crippen LogP contribution in [0.2, 0.25) is 0 Å². The van der Waals surface area contributed by atoms with Crippen LogP contribution in [0.1, 0.15) is 12.5 Å². The first kappa shape index (κ1) is 11.0. The molecule has 1 rings (SSSR count). The van der Waals surface area contributed by atoms with Crippen molar-refractivity contribution in [3.63, 3.8) is 0 Å². The van der Waals surface area contributed by atoms with Crippen molar-refractivity contribution in [1.82, 2.24) is 5.32 Å². The third kappa shape index (κ3) is 2.98. The average molecular weight is 206 g/mol. The summed E-state index contributed by atoms with van der Waals surface area (Å²) in [7, 11) is 1.56. The van der Waals surface area contributed by atoms with Crippen molar-refractivity contribution in [2.45, 2.75) is 6.92 Å². The summed E-state index contributed by atoms with van der Waals surface area (Å²) in [6.45, 7) is 1.82. The fourth-order valence-corrected chi connectivity index (χ4v) is 1.06. The van der Waals surface area contributed by atoms with Gasteiger partial charge in [-0.1, -0.05) is 12.1 Å². The van der Waals surface area contributed by atoms with Gasteiger partial charge in [-0.2, -0.15) is 5.10 Å². The highest BCUT2D eigenvalue weighted by Gasteiger charge is 1.99. The first-order valence-corrected chi connectivity index (χ1v) is 4.51. The number of hydrogen-bond acceptors (Lipinski definition) is 3. The van der Waals surface area contributed by atoms with Crippen molar-refractivity contribution in [3.05, 3.63) is 29.8 Å². The first-order chi connectivity index (χ1) is 7.17. The molecule has 1 aromatic rings. The molecule has 15 heavy (non-hydrogen) atoms. The van der Waals surface area contributed by atoms with Crippen LogP contribution in [0.4, 0.5) is 10.5 Å². The fraction of sp³-hybridized carbons (Fsp3) is 0.200. The van der Waals surface area contributed by atoms with E-state index in [1.807, 2.05) is 19.1 Å². The standard InChI is InChI=1S/C10H14N4O/c1-7(14-11)8-3-5-9(6-4-8)13-10(15)12-2/h3-6H,11H2,1-2H3,(H2,12,13,15)/b14-7+. The van der Waals surface area contributed by atoms with Crippen molar-refractivity contribution >= 4 is 17.4 Å². The lowest BCUT2D eigenvalue weighted by atomic mass is 10.1. The fourth-order valence-electron chi connectivity index (χ4n) is 1.06. The topological polar surface area (TPSA) is 79.5 Å². The molecule has 0 aromatic heterocycles. The third-order valence-electron chi connectivity index (χ3n) is 1.98. The molecule has 2 amide bonds. The van der Waals surface area contributed by atoms with Gasteiger partial charge in [0, 0.05) is 12.7 Å². The molecule has 0 bridgehead atoms. The Bertz CT molecular complexity index is 370. The van der Waals surface area contributed by atoms with E-state index in [1.165, 1.54) is 0 Å². The SMILES string of the molecule is CNC(=O)Nc1ccc(/C(C)=N/N)cc1. The number of amides is 2. The van der Waals surface area contributed by atoms with Gasteiger partial charge >= 0.3 is 6.03 Å². The molecule has 0 spiro atoms. The van der Waals surface area contributed by atoms with E-state index in [0.29, 0.717) is 0 Å². The number of rotatable bonds is 2. The number of hydrazone groups is 1. The second-order valence-electron chi connectivity index (χ2n) is 3.00. The number of carbonyl (C=O) groups excluding carboxylic acids is 1. The minimum atomic E-state index is -0.244. The number of nitrogens with one attached hydrogen (secondary N) is 2. The Morgan fingerprint density at radius 1 is 1.33 bits per heavy atom. The molecule has 0 atom stereocenters. The minimum absolute atomic E-state index is 0.244. The summed E-state index contributed by atoms with van der Waals surface area (Å²) in [5.41, 5.74) is 2.41. The molecule has 5 nitrogen and oxygen atoms in total. The van der Waals surface area contributed by atoms with Crippen LogP contribution in [0.3, 0.4) is 0 Å². The van der Waals surface area contributed by atoms with Gasteiger partial charge in [0.25, 0.3) is 0 Å². The summed E-state index contributed by atoms with van der Waals surface area (Å²) >= 11 is 0. The van der Waals surface area contributed by atoms with Crippen molar-refractivity contribution < 1.29 is 4.79 Å². The summed E-state index contributed by atoms with van der Waals surface area (Å²) in [5.74, 6) is 5.15. The van der Waals surface area contributed by atoms with E-state index >= 15 is 0 Å². The maximum atomic E-state index is 11.0. The molecule has 0 heterocycles. The van der Waals surface area contributed by atoms with Crippen LogP contribution in [0.15, 0.2) is 29.4 Å². The lowest BCUT2D eigenvalue weighted by Gasteiger charge is -2.05. The second-order valence-corrected chi connectivity index (χ2v) is 3.00. The minimum Gasteiger partial charge on any atom is -0.341 e. The van der Waals surface area contributed by atoms with E-state index in [-0.39, 0.29) is 6.03 Å². The lowest BCUT2D eigenvalue weighted by Crippen LogP contribution is -2.24. The van der Waals surface area contributed by atoms with Crippen molar-refractivity contribution in [3.8, 4) is 0 Å². The van der Waals surface area contributed by atoms with E-state index < -0.39 is 0 Å². The summed E-state index contributed by atoms with van der Waals surface area (Å²) in [6.07, 6.45) is 0. The Morgan fingerprint density at radius 2 is 1.93 bits per heavy atom. The smallest absolute Gasteiger partial charge is 0.318 e. The highest BCUT2D eigenvalue weighted by Crippen LogP contribution is 2.09. The monoisotopic (exact) mass is 206 g/mol. The van der Waals surface area contributed by atoms with Gasteiger partial charge < -0.3 is 16.5 Å². The molecule has 0 aliphatic carbocycles. The molecule has 0 saturated carbocycles. The molecule has 0 saturated heterocycles. The van der Waals surface area contributed by atoms with Crippen molar-refractivity contribution in [1.29, 1.82) is 0 Å². The number of benzene rings is 1. The molecular formula is C10H14N4O. The van der Waals surface area contributed by atoms with Gasteiger partial charge in [-0.05, 0) is 24.6 Å². The lowest BCUT2D eigenvalue weighted by molar-refractivity contribution is 0.254. The highest BCUT2D eigenvalue weighted by atomic mass is 16.2. The van der Waals surface area contributed by atoms with Crippen LogP contribution in [-0.2, 0) is 0 Å². The third-order valence-corrected chi connectivity index (χ3v) is 1.98. The molecule has 0 aliphatic rings. The van der Waals surface area contributed by atoms with E-state index in [2.05, 4.69) is 15.7 Å². The Kier molecular flexibility index (Phi) is 3.68. The van der Waals surface area contributed by atoms with Gasteiger partial charge in [0.15, 0.2) is 0 Å². The van der Waals surface area contributed by atoms with Gasteiger partial charge in [0.2, 0.25) is 0 Å². The van der Waals surface area contributed by atoms with Gasteiger partial charge in [0.05, 0.1) is 5.71 Å². The van der Waals surface area contributed by atoms with E-state index in [0.717, 1.165) is 17.0 Å². The molecule has 5 heteroatoms. The summed E-state index contributed by atoms with van der Waals surface area (Å²) < 4.78 is 0. The second kappa shape index (κ2) is 4.99. The molecule has 4 N–H and O–H groups in total. The van der Waals surface area contributed by atoms with Gasteiger partial charge in [-0.3, -0.25) is 0 Å². The van der Waals surface area contributed by atoms with Gasteiger partial charge in [0.1, 0.15) is 0 Å². The maximum absolute atomic E-state index is 11.0. The van der Waals surface area contributed by atoms with E-state index in [1.54, 1.807) is 19.2 Å².